The van der Waals surface area contributed by atoms with E-state index in [2.05, 4.69) is 13.5 Å². The lowest BCUT2D eigenvalue weighted by molar-refractivity contribution is -0.186. The SMILES string of the molecule is C=C1C[C@@]23CC[C@H]4[C@@](C)(CCC[C@@]4(C)C(=O)O)[C@H]2CC[C@]1(O)C3.O. The standard InChI is InChI=1S/C20H30O3.H2O/c1-13-11-19-9-5-14-17(2,7-4-8-18(14,3)16(21)22)15(19)6-10-20(13,23)12-19;/h14-15,23H,1,4-12H2,2-3H3,(H,21,22);1H2/t14-,15+,17+,18+,19+,20-;/m0./s1. The van der Waals surface area contributed by atoms with Gasteiger partial charge in [0.25, 0.3) is 0 Å². The summed E-state index contributed by atoms with van der Waals surface area (Å²) in [5.41, 5.74) is 0.128. The molecule has 136 valence electrons. The molecule has 2 bridgehead atoms. The molecular weight excluding hydrogens is 304 g/mol. The maximum absolute atomic E-state index is 12.0. The number of aliphatic carboxylic acids is 1. The van der Waals surface area contributed by atoms with Crippen LogP contribution in [0.1, 0.15) is 71.6 Å². The van der Waals surface area contributed by atoms with E-state index in [9.17, 15) is 15.0 Å². The van der Waals surface area contributed by atoms with Gasteiger partial charge in [0.2, 0.25) is 0 Å². The fourth-order valence-electron chi connectivity index (χ4n) is 7.61. The highest BCUT2D eigenvalue weighted by atomic mass is 16.4. The second-order valence-corrected chi connectivity index (χ2v) is 9.62. The minimum Gasteiger partial charge on any atom is -0.481 e. The summed E-state index contributed by atoms with van der Waals surface area (Å²) in [6.45, 7) is 8.55. The Bertz CT molecular complexity index is 586. The molecule has 4 fully saturated rings. The van der Waals surface area contributed by atoms with Gasteiger partial charge in [-0.15, -0.1) is 0 Å². The fraction of sp³-hybridized carbons (Fsp3) is 0.850. The molecule has 4 aliphatic rings. The van der Waals surface area contributed by atoms with Crippen molar-refractivity contribution in [2.45, 2.75) is 77.2 Å². The zero-order valence-electron chi connectivity index (χ0n) is 15.0. The van der Waals surface area contributed by atoms with Gasteiger partial charge in [-0.05, 0) is 86.5 Å². The Morgan fingerprint density at radius 3 is 2.46 bits per heavy atom. The lowest BCUT2D eigenvalue weighted by Crippen LogP contribution is -2.59. The van der Waals surface area contributed by atoms with Crippen LogP contribution in [0.4, 0.5) is 0 Å². The van der Waals surface area contributed by atoms with Crippen molar-refractivity contribution < 1.29 is 20.5 Å². The minimum atomic E-state index is -0.634. The second-order valence-electron chi connectivity index (χ2n) is 9.62. The van der Waals surface area contributed by atoms with Crippen LogP contribution >= 0.6 is 0 Å². The van der Waals surface area contributed by atoms with Crippen LogP contribution in [0, 0.1) is 28.1 Å². The Balaban J connectivity index is 0.00000169. The van der Waals surface area contributed by atoms with Gasteiger partial charge in [0.1, 0.15) is 0 Å². The molecule has 0 radical (unpaired) electrons. The van der Waals surface area contributed by atoms with Gasteiger partial charge in [0.15, 0.2) is 0 Å². The van der Waals surface area contributed by atoms with Crippen molar-refractivity contribution in [1.29, 1.82) is 0 Å². The van der Waals surface area contributed by atoms with Crippen LogP contribution in [-0.4, -0.2) is 27.3 Å². The summed E-state index contributed by atoms with van der Waals surface area (Å²) in [5, 5.41) is 20.8. The van der Waals surface area contributed by atoms with Gasteiger partial charge in [-0.1, -0.05) is 19.9 Å². The average molecular weight is 336 g/mol. The predicted molar refractivity (Wildman–Crippen MR) is 92.5 cm³/mol. The summed E-state index contributed by atoms with van der Waals surface area (Å²) in [6, 6.07) is 0. The van der Waals surface area contributed by atoms with Crippen molar-refractivity contribution >= 4 is 5.97 Å². The summed E-state index contributed by atoms with van der Waals surface area (Å²) in [7, 11) is 0. The van der Waals surface area contributed by atoms with E-state index in [0.717, 1.165) is 63.4 Å². The zero-order valence-corrected chi connectivity index (χ0v) is 15.0. The van der Waals surface area contributed by atoms with E-state index in [4.69, 9.17) is 0 Å². The summed E-state index contributed by atoms with van der Waals surface area (Å²) >= 11 is 0. The normalized spacial score (nSPS) is 52.9. The molecule has 24 heavy (non-hydrogen) atoms. The molecule has 0 unspecified atom stereocenters. The maximum Gasteiger partial charge on any atom is 0.309 e. The van der Waals surface area contributed by atoms with E-state index in [1.54, 1.807) is 0 Å². The van der Waals surface area contributed by atoms with Crippen molar-refractivity contribution in [3.05, 3.63) is 12.2 Å². The van der Waals surface area contributed by atoms with Gasteiger partial charge >= 0.3 is 5.97 Å². The Hall–Kier alpha value is -0.870. The average Bonchev–Trinajstić information content (AvgIpc) is 2.63. The molecule has 4 saturated carbocycles. The van der Waals surface area contributed by atoms with Crippen LogP contribution in [0.3, 0.4) is 0 Å². The van der Waals surface area contributed by atoms with Crippen LogP contribution in [-0.2, 0) is 4.79 Å². The van der Waals surface area contributed by atoms with Gasteiger partial charge < -0.3 is 15.7 Å². The molecule has 0 aliphatic heterocycles. The van der Waals surface area contributed by atoms with Crippen LogP contribution in [0.15, 0.2) is 12.2 Å². The molecule has 4 heteroatoms. The topological polar surface area (TPSA) is 89.0 Å². The number of hydrogen-bond acceptors (Lipinski definition) is 2. The monoisotopic (exact) mass is 336 g/mol. The van der Waals surface area contributed by atoms with Gasteiger partial charge in [-0.2, -0.15) is 0 Å². The molecule has 0 amide bonds. The Morgan fingerprint density at radius 1 is 1.12 bits per heavy atom. The van der Waals surface area contributed by atoms with E-state index < -0.39 is 17.0 Å². The number of fused-ring (bicyclic) bond motifs is 3. The lowest BCUT2D eigenvalue weighted by Gasteiger charge is -2.63. The molecule has 4 aliphatic carbocycles. The molecule has 4 N–H and O–H groups in total. The summed E-state index contributed by atoms with van der Waals surface area (Å²) in [6.07, 6.45) is 8.75. The molecular formula is C20H32O4. The summed E-state index contributed by atoms with van der Waals surface area (Å²) < 4.78 is 0. The first-order valence-corrected chi connectivity index (χ1v) is 9.30. The number of aliphatic hydroxyl groups is 1. The number of carboxylic acids is 1. The fourth-order valence-corrected chi connectivity index (χ4v) is 7.61. The van der Waals surface area contributed by atoms with E-state index in [1.807, 2.05) is 6.92 Å². The smallest absolute Gasteiger partial charge is 0.309 e. The predicted octanol–water partition coefficient (Wildman–Crippen LogP) is 3.33. The third-order valence-electron chi connectivity index (χ3n) is 8.65. The van der Waals surface area contributed by atoms with Gasteiger partial charge in [-0.25, -0.2) is 0 Å². The van der Waals surface area contributed by atoms with E-state index in [-0.39, 0.29) is 22.2 Å². The number of rotatable bonds is 1. The van der Waals surface area contributed by atoms with E-state index >= 15 is 0 Å². The molecule has 1 spiro atoms. The number of carboxylic acid groups (broad SMARTS) is 1. The largest absolute Gasteiger partial charge is 0.481 e. The molecule has 0 aromatic heterocycles. The second kappa shape index (κ2) is 5.07. The Kier molecular flexibility index (Phi) is 3.79. The Morgan fingerprint density at radius 2 is 1.79 bits per heavy atom. The number of carbonyl (C=O) groups is 1. The van der Waals surface area contributed by atoms with Crippen molar-refractivity contribution in [2.75, 3.05) is 0 Å². The first-order valence-electron chi connectivity index (χ1n) is 9.30. The van der Waals surface area contributed by atoms with Crippen LogP contribution in [0.2, 0.25) is 0 Å². The van der Waals surface area contributed by atoms with Crippen molar-refractivity contribution in [3.63, 3.8) is 0 Å². The molecule has 0 aromatic carbocycles. The van der Waals surface area contributed by atoms with Crippen molar-refractivity contribution in [3.8, 4) is 0 Å². The van der Waals surface area contributed by atoms with E-state index in [0.29, 0.717) is 5.92 Å². The maximum atomic E-state index is 12.0. The minimum absolute atomic E-state index is 0. The lowest BCUT2D eigenvalue weighted by atomic mass is 9.41. The highest BCUT2D eigenvalue weighted by Gasteiger charge is 2.67. The highest BCUT2D eigenvalue weighted by Crippen LogP contribution is 2.72. The summed E-state index contributed by atoms with van der Waals surface area (Å²) in [4.78, 5) is 12.0. The van der Waals surface area contributed by atoms with Crippen molar-refractivity contribution in [2.24, 2.45) is 28.1 Å². The zero-order chi connectivity index (χ0) is 16.7. The molecule has 0 aromatic rings. The molecule has 0 heterocycles. The number of hydrogen-bond donors (Lipinski definition) is 2. The first kappa shape index (κ1) is 17.9. The molecule has 6 atom stereocenters. The van der Waals surface area contributed by atoms with E-state index in [1.165, 1.54) is 0 Å². The van der Waals surface area contributed by atoms with Crippen LogP contribution in [0.5, 0.6) is 0 Å². The quantitative estimate of drug-likeness (QED) is 0.720. The Labute approximate surface area is 144 Å². The van der Waals surface area contributed by atoms with Gasteiger partial charge in [-0.3, -0.25) is 4.79 Å². The molecule has 4 nitrogen and oxygen atoms in total. The highest BCUT2D eigenvalue weighted by molar-refractivity contribution is 5.75. The van der Waals surface area contributed by atoms with Crippen molar-refractivity contribution in [1.82, 2.24) is 0 Å². The summed E-state index contributed by atoms with van der Waals surface area (Å²) in [5.74, 6) is 0.219. The first-order chi connectivity index (χ1) is 10.7. The van der Waals surface area contributed by atoms with Gasteiger partial charge in [0.05, 0.1) is 11.0 Å². The third-order valence-corrected chi connectivity index (χ3v) is 8.65. The van der Waals surface area contributed by atoms with Gasteiger partial charge in [0, 0.05) is 0 Å². The molecule has 4 rings (SSSR count). The van der Waals surface area contributed by atoms with Crippen LogP contribution < -0.4 is 0 Å². The van der Waals surface area contributed by atoms with Crippen LogP contribution in [0.25, 0.3) is 0 Å². The third kappa shape index (κ3) is 1.96. The molecule has 0 saturated heterocycles.